The molecule has 0 unspecified atom stereocenters. The van der Waals surface area contributed by atoms with Gasteiger partial charge >= 0.3 is 0 Å². The molecule has 0 atom stereocenters. The van der Waals surface area contributed by atoms with Crippen LogP contribution in [0.1, 0.15) is 15.9 Å². The Morgan fingerprint density at radius 2 is 1.66 bits per heavy atom. The summed E-state index contributed by atoms with van der Waals surface area (Å²) in [5, 5.41) is 0. The molecule has 2 rings (SSSR count). The van der Waals surface area contributed by atoms with E-state index in [9.17, 15) is 21.6 Å². The third-order valence-corrected chi connectivity index (χ3v) is 6.90. The lowest BCUT2D eigenvalue weighted by Gasteiger charge is -2.12. The second-order valence-corrected chi connectivity index (χ2v) is 11.6. The Labute approximate surface area is 187 Å². The number of nitrogens with zero attached hydrogens (tertiary/aromatic N) is 2. The van der Waals surface area contributed by atoms with Crippen molar-refractivity contribution in [1.82, 2.24) is 4.90 Å². The van der Waals surface area contributed by atoms with Crippen LogP contribution < -0.4 is 16.2 Å². The second-order valence-electron chi connectivity index (χ2n) is 7.42. The average molecular weight is 483 g/mol. The molecule has 32 heavy (non-hydrogen) atoms. The fourth-order valence-electron chi connectivity index (χ4n) is 2.63. The summed E-state index contributed by atoms with van der Waals surface area (Å²) in [6, 6.07) is 10.1. The van der Waals surface area contributed by atoms with Gasteiger partial charge in [0, 0.05) is 18.4 Å². The van der Waals surface area contributed by atoms with Crippen LogP contribution in [-0.4, -0.2) is 66.3 Å². The van der Waals surface area contributed by atoms with Gasteiger partial charge in [0.15, 0.2) is 25.6 Å². The maximum atomic E-state index is 12.2. The van der Waals surface area contributed by atoms with Gasteiger partial charge in [-0.1, -0.05) is 12.1 Å². The number of aliphatic imine (C=N–C) groups is 1. The molecule has 0 spiro atoms. The number of benzene rings is 2. The lowest BCUT2D eigenvalue weighted by molar-refractivity contribution is 0.100. The van der Waals surface area contributed by atoms with Crippen LogP contribution >= 0.6 is 0 Å². The molecule has 0 heterocycles. The van der Waals surface area contributed by atoms with Gasteiger partial charge in [-0.2, -0.15) is 4.99 Å². The lowest BCUT2D eigenvalue weighted by atomic mass is 10.2. The molecular formula is C20H26N4O6S2. The quantitative estimate of drug-likeness (QED) is 0.388. The molecule has 4 N–H and O–H groups in total. The summed E-state index contributed by atoms with van der Waals surface area (Å²) in [6.07, 6.45) is 0.978. The highest BCUT2D eigenvalue weighted by Crippen LogP contribution is 2.30. The molecule has 0 aliphatic heterocycles. The zero-order valence-corrected chi connectivity index (χ0v) is 19.6. The topological polar surface area (TPSA) is 162 Å². The Morgan fingerprint density at radius 3 is 2.19 bits per heavy atom. The van der Waals surface area contributed by atoms with Gasteiger partial charge in [0.1, 0.15) is 16.4 Å². The molecule has 174 valence electrons. The van der Waals surface area contributed by atoms with Gasteiger partial charge in [0.25, 0.3) is 5.91 Å². The van der Waals surface area contributed by atoms with Crippen molar-refractivity contribution < 1.29 is 26.4 Å². The summed E-state index contributed by atoms with van der Waals surface area (Å²) < 4.78 is 54.5. The van der Waals surface area contributed by atoms with Crippen LogP contribution in [0, 0.1) is 0 Å². The SMILES string of the molecule is CN(C)CCS(=O)(=O)Cc1ccc(Oc2ccc(C(=O)N=C(N)N)cc2S(C)(=O)=O)cc1. The van der Waals surface area contributed by atoms with Crippen LogP contribution in [0.4, 0.5) is 0 Å². The molecule has 10 nitrogen and oxygen atoms in total. The summed E-state index contributed by atoms with van der Waals surface area (Å²) in [7, 11) is -3.42. The van der Waals surface area contributed by atoms with Crippen molar-refractivity contribution in [3.8, 4) is 11.5 Å². The Bertz CT molecular complexity index is 1220. The van der Waals surface area contributed by atoms with Gasteiger partial charge in [0.2, 0.25) is 0 Å². The summed E-state index contributed by atoms with van der Waals surface area (Å²) in [5.74, 6) is -1.01. The Kier molecular flexibility index (Phi) is 7.99. The fourth-order valence-corrected chi connectivity index (χ4v) is 4.93. The maximum absolute atomic E-state index is 12.2. The molecular weight excluding hydrogens is 456 g/mol. The number of hydrogen-bond acceptors (Lipinski definition) is 7. The van der Waals surface area contributed by atoms with Crippen LogP contribution in [0.15, 0.2) is 52.4 Å². The van der Waals surface area contributed by atoms with Crippen molar-refractivity contribution in [2.24, 2.45) is 16.5 Å². The fraction of sp³-hybridized carbons (Fsp3) is 0.300. The zero-order valence-electron chi connectivity index (χ0n) is 18.0. The van der Waals surface area contributed by atoms with Gasteiger partial charge in [-0.15, -0.1) is 0 Å². The molecule has 0 aromatic heterocycles. The minimum Gasteiger partial charge on any atom is -0.456 e. The van der Waals surface area contributed by atoms with Crippen molar-refractivity contribution in [2.45, 2.75) is 10.6 Å². The minimum atomic E-state index is -3.76. The molecule has 0 saturated carbocycles. The Hall–Kier alpha value is -2.96. The number of guanidine groups is 1. The normalized spacial score (nSPS) is 11.9. The van der Waals surface area contributed by atoms with Crippen molar-refractivity contribution in [2.75, 3.05) is 32.6 Å². The predicted octanol–water partition coefficient (Wildman–Crippen LogP) is 0.772. The molecule has 0 aliphatic carbocycles. The molecule has 0 saturated heterocycles. The molecule has 0 aliphatic rings. The third-order valence-electron chi connectivity index (χ3n) is 4.21. The van der Waals surface area contributed by atoms with Gasteiger partial charge in [0.05, 0.1) is 11.5 Å². The number of sulfone groups is 2. The van der Waals surface area contributed by atoms with Crippen molar-refractivity contribution >= 4 is 31.5 Å². The first-order chi connectivity index (χ1) is 14.8. The van der Waals surface area contributed by atoms with E-state index in [-0.39, 0.29) is 27.7 Å². The summed E-state index contributed by atoms with van der Waals surface area (Å²) in [5.41, 5.74) is 10.9. The number of ether oxygens (including phenoxy) is 1. The Balaban J connectivity index is 2.25. The largest absolute Gasteiger partial charge is 0.456 e. The number of nitrogens with two attached hydrogens (primary N) is 2. The van der Waals surface area contributed by atoms with E-state index in [0.717, 1.165) is 12.3 Å². The van der Waals surface area contributed by atoms with E-state index >= 15 is 0 Å². The highest BCUT2D eigenvalue weighted by atomic mass is 32.2. The van der Waals surface area contributed by atoms with Gasteiger partial charge < -0.3 is 21.1 Å². The molecule has 12 heteroatoms. The van der Waals surface area contributed by atoms with E-state index in [0.29, 0.717) is 17.9 Å². The van der Waals surface area contributed by atoms with Crippen molar-refractivity contribution in [3.63, 3.8) is 0 Å². The highest BCUT2D eigenvalue weighted by molar-refractivity contribution is 7.91. The third kappa shape index (κ3) is 7.62. The van der Waals surface area contributed by atoms with E-state index in [2.05, 4.69) is 4.99 Å². The summed E-state index contributed by atoms with van der Waals surface area (Å²) in [4.78, 5) is 17.0. The number of amides is 1. The highest BCUT2D eigenvalue weighted by Gasteiger charge is 2.19. The van der Waals surface area contributed by atoms with E-state index in [1.807, 2.05) is 0 Å². The van der Waals surface area contributed by atoms with Gasteiger partial charge in [-0.3, -0.25) is 4.79 Å². The number of carbonyl (C=O) groups excluding carboxylic acids is 1. The Morgan fingerprint density at radius 1 is 1.03 bits per heavy atom. The lowest BCUT2D eigenvalue weighted by Crippen LogP contribution is -2.24. The maximum Gasteiger partial charge on any atom is 0.280 e. The molecule has 0 bridgehead atoms. The molecule has 0 fully saturated rings. The second kappa shape index (κ2) is 10.1. The van der Waals surface area contributed by atoms with Crippen molar-refractivity contribution in [1.29, 1.82) is 0 Å². The number of hydrogen-bond donors (Lipinski definition) is 2. The molecule has 2 aromatic rings. The van der Waals surface area contributed by atoms with Gasteiger partial charge in [-0.05, 0) is 50.0 Å². The van der Waals surface area contributed by atoms with E-state index in [1.165, 1.54) is 12.1 Å². The van der Waals surface area contributed by atoms with E-state index in [4.69, 9.17) is 16.2 Å². The first-order valence-corrected chi connectivity index (χ1v) is 13.1. The van der Waals surface area contributed by atoms with Crippen LogP contribution in [0.3, 0.4) is 0 Å². The van der Waals surface area contributed by atoms with Crippen LogP contribution in [-0.2, 0) is 25.4 Å². The smallest absolute Gasteiger partial charge is 0.280 e. The van der Waals surface area contributed by atoms with E-state index < -0.39 is 31.5 Å². The molecule has 2 aromatic carbocycles. The summed E-state index contributed by atoms with van der Waals surface area (Å²) in [6.45, 7) is 0.430. The van der Waals surface area contributed by atoms with Crippen LogP contribution in [0.2, 0.25) is 0 Å². The predicted molar refractivity (Wildman–Crippen MR) is 122 cm³/mol. The minimum absolute atomic E-state index is 0.0000968. The number of rotatable bonds is 9. The van der Waals surface area contributed by atoms with E-state index in [1.54, 1.807) is 43.3 Å². The number of carbonyl (C=O) groups is 1. The zero-order chi connectivity index (χ0) is 24.1. The van der Waals surface area contributed by atoms with Gasteiger partial charge in [-0.25, -0.2) is 16.8 Å². The van der Waals surface area contributed by atoms with Crippen LogP contribution in [0.5, 0.6) is 11.5 Å². The standard InChI is InChI=1S/C20H26N4O6S2/c1-24(2)10-11-32(28,29)13-14-4-7-16(8-5-14)30-17-9-6-15(19(25)23-20(21)22)12-18(17)31(3,26)27/h4-9,12H,10-11,13H2,1-3H3,(H4,21,22,23,25). The van der Waals surface area contributed by atoms with Crippen LogP contribution in [0.25, 0.3) is 0 Å². The molecule has 0 radical (unpaired) electrons. The monoisotopic (exact) mass is 482 g/mol. The first kappa shape index (κ1) is 25.3. The first-order valence-electron chi connectivity index (χ1n) is 9.37. The average Bonchev–Trinajstić information content (AvgIpc) is 2.67. The molecule has 1 amide bonds. The summed E-state index contributed by atoms with van der Waals surface area (Å²) >= 11 is 0. The van der Waals surface area contributed by atoms with Crippen molar-refractivity contribution in [3.05, 3.63) is 53.6 Å².